The Morgan fingerprint density at radius 1 is 0.926 bits per heavy atom. The van der Waals surface area contributed by atoms with Crippen LogP contribution in [-0.2, 0) is 9.47 Å². The highest BCUT2D eigenvalue weighted by molar-refractivity contribution is 4.93. The molecule has 0 amide bonds. The van der Waals surface area contributed by atoms with Gasteiger partial charge in [0.05, 0.1) is 24.4 Å². The van der Waals surface area contributed by atoms with Gasteiger partial charge in [0.1, 0.15) is 0 Å². The van der Waals surface area contributed by atoms with Gasteiger partial charge in [-0.3, -0.25) is 0 Å². The van der Waals surface area contributed by atoms with E-state index >= 15 is 0 Å². The minimum Gasteiger partial charge on any atom is -0.378 e. The zero-order valence-corrected chi connectivity index (χ0v) is 19.3. The Labute approximate surface area is 169 Å². The molecular weight excluding hydrogens is 336 g/mol. The minimum atomic E-state index is -0.0129. The van der Waals surface area contributed by atoms with E-state index in [2.05, 4.69) is 65.2 Å². The van der Waals surface area contributed by atoms with Crippen molar-refractivity contribution >= 4 is 0 Å². The van der Waals surface area contributed by atoms with Crippen molar-refractivity contribution in [2.75, 3.05) is 32.8 Å². The molecule has 0 aromatic rings. The Balaban J connectivity index is 1.65. The third-order valence-electron chi connectivity index (χ3n) is 6.73. The predicted octanol–water partition coefficient (Wildman–Crippen LogP) is 4.43. The van der Waals surface area contributed by atoms with Gasteiger partial charge in [-0.2, -0.15) is 0 Å². The quantitative estimate of drug-likeness (QED) is 0.528. The summed E-state index contributed by atoms with van der Waals surface area (Å²) in [7, 11) is 0. The Morgan fingerprint density at radius 2 is 1.59 bits per heavy atom. The lowest BCUT2D eigenvalue weighted by atomic mass is 9.83. The van der Waals surface area contributed by atoms with Gasteiger partial charge < -0.3 is 19.3 Å². The summed E-state index contributed by atoms with van der Waals surface area (Å²) in [5, 5.41) is 0. The van der Waals surface area contributed by atoms with Gasteiger partial charge in [-0.1, -0.05) is 0 Å². The Bertz CT molecular complexity index is 432. The van der Waals surface area contributed by atoms with E-state index in [1.165, 1.54) is 39.0 Å². The molecule has 2 fully saturated rings. The maximum Gasteiger partial charge on any atom is 0.0682 e. The fourth-order valence-corrected chi connectivity index (χ4v) is 4.43. The molecular formula is C23H46N2O2. The maximum absolute atomic E-state index is 6.50. The van der Waals surface area contributed by atoms with Crippen molar-refractivity contribution in [3.8, 4) is 0 Å². The first-order chi connectivity index (χ1) is 12.6. The van der Waals surface area contributed by atoms with Crippen LogP contribution in [0.2, 0.25) is 0 Å². The normalized spacial score (nSPS) is 25.3. The molecule has 0 N–H and O–H groups in total. The average Bonchev–Trinajstić information content (AvgIpc) is 2.96. The molecule has 2 aliphatic rings. The molecule has 0 aromatic carbocycles. The largest absolute Gasteiger partial charge is 0.378 e. The first kappa shape index (κ1) is 23.1. The lowest BCUT2D eigenvalue weighted by molar-refractivity contribution is -0.143. The van der Waals surface area contributed by atoms with Gasteiger partial charge in [0.25, 0.3) is 0 Å². The molecule has 0 aromatic heterocycles. The maximum atomic E-state index is 6.50. The zero-order chi connectivity index (χ0) is 20.2. The predicted molar refractivity (Wildman–Crippen MR) is 114 cm³/mol. The van der Waals surface area contributed by atoms with Gasteiger partial charge in [-0.05, 0) is 87.1 Å². The van der Waals surface area contributed by atoms with Crippen molar-refractivity contribution in [2.24, 2.45) is 11.8 Å². The van der Waals surface area contributed by atoms with Crippen molar-refractivity contribution < 1.29 is 9.47 Å². The minimum absolute atomic E-state index is 0.0129. The number of ether oxygens (including phenoxy) is 2. The van der Waals surface area contributed by atoms with Crippen molar-refractivity contribution in [3.63, 3.8) is 0 Å². The molecule has 2 rings (SSSR count). The number of hydrogen-bond acceptors (Lipinski definition) is 4. The average molecular weight is 383 g/mol. The van der Waals surface area contributed by atoms with E-state index in [-0.39, 0.29) is 5.60 Å². The number of likely N-dealkylation sites (tertiary alicyclic amines) is 2. The highest BCUT2D eigenvalue weighted by Crippen LogP contribution is 2.33. The molecule has 2 saturated heterocycles. The van der Waals surface area contributed by atoms with Crippen LogP contribution >= 0.6 is 0 Å². The molecule has 0 bridgehead atoms. The van der Waals surface area contributed by atoms with Gasteiger partial charge in [-0.15, -0.1) is 0 Å². The molecule has 3 atom stereocenters. The monoisotopic (exact) mass is 382 g/mol. The summed E-state index contributed by atoms with van der Waals surface area (Å²) >= 11 is 0. The molecule has 0 saturated carbocycles. The number of hydrogen-bond donors (Lipinski definition) is 0. The van der Waals surface area contributed by atoms with E-state index in [4.69, 9.17) is 9.47 Å². The van der Waals surface area contributed by atoms with Gasteiger partial charge >= 0.3 is 0 Å². The summed E-state index contributed by atoms with van der Waals surface area (Å²) < 4.78 is 12.3. The molecule has 0 radical (unpaired) electrons. The summed E-state index contributed by atoms with van der Waals surface area (Å²) in [6.07, 6.45) is 4.33. The topological polar surface area (TPSA) is 24.9 Å². The van der Waals surface area contributed by atoms with Crippen LogP contribution in [0, 0.1) is 11.8 Å². The third kappa shape index (κ3) is 6.99. The second kappa shape index (κ2) is 10.0. The van der Waals surface area contributed by atoms with E-state index < -0.39 is 0 Å². The molecule has 4 heteroatoms. The molecule has 27 heavy (non-hydrogen) atoms. The smallest absolute Gasteiger partial charge is 0.0682 e. The van der Waals surface area contributed by atoms with Gasteiger partial charge in [0.15, 0.2) is 0 Å². The summed E-state index contributed by atoms with van der Waals surface area (Å²) in [4.78, 5) is 5.19. The lowest BCUT2D eigenvalue weighted by Gasteiger charge is -2.50. The van der Waals surface area contributed by atoms with Crippen LogP contribution in [0.25, 0.3) is 0 Å². The lowest BCUT2D eigenvalue weighted by Crippen LogP contribution is -2.59. The summed E-state index contributed by atoms with van der Waals surface area (Å²) in [6.45, 7) is 23.7. The summed E-state index contributed by atoms with van der Waals surface area (Å²) in [6, 6.07) is 1.30. The molecule has 2 heterocycles. The van der Waals surface area contributed by atoms with Crippen LogP contribution in [0.1, 0.15) is 74.7 Å². The van der Waals surface area contributed by atoms with Gasteiger partial charge in [-0.25, -0.2) is 0 Å². The molecule has 0 aliphatic carbocycles. The van der Waals surface area contributed by atoms with Gasteiger partial charge in [0, 0.05) is 37.6 Å². The van der Waals surface area contributed by atoms with Crippen molar-refractivity contribution in [1.82, 2.24) is 9.80 Å². The molecule has 160 valence electrons. The van der Waals surface area contributed by atoms with Gasteiger partial charge in [0.2, 0.25) is 0 Å². The zero-order valence-electron chi connectivity index (χ0n) is 19.3. The molecule has 0 spiro atoms. The van der Waals surface area contributed by atoms with Crippen molar-refractivity contribution in [3.05, 3.63) is 0 Å². The highest BCUT2D eigenvalue weighted by atomic mass is 16.5. The van der Waals surface area contributed by atoms with Crippen LogP contribution < -0.4 is 0 Å². The summed E-state index contributed by atoms with van der Waals surface area (Å²) in [5.41, 5.74) is -0.0129. The number of nitrogens with zero attached hydrogens (tertiary/aromatic N) is 2. The van der Waals surface area contributed by atoms with Crippen LogP contribution in [0.15, 0.2) is 0 Å². The molecule has 2 unspecified atom stereocenters. The van der Waals surface area contributed by atoms with E-state index in [1.807, 2.05) is 0 Å². The fourth-order valence-electron chi connectivity index (χ4n) is 4.43. The van der Waals surface area contributed by atoms with Crippen molar-refractivity contribution in [1.29, 1.82) is 0 Å². The first-order valence-corrected chi connectivity index (χ1v) is 11.4. The fraction of sp³-hybridized carbons (Fsp3) is 1.00. The van der Waals surface area contributed by atoms with Crippen LogP contribution in [0.5, 0.6) is 0 Å². The van der Waals surface area contributed by atoms with Crippen LogP contribution in [-0.4, -0.2) is 72.5 Å². The van der Waals surface area contributed by atoms with Crippen LogP contribution in [0.4, 0.5) is 0 Å². The SMILES string of the molecule is CC(C)OC[C@H]1CCN(C(C)CCC(C)OC(C)(C)C2CN(C(C)C)C2)C1. The Hall–Kier alpha value is -0.160. The van der Waals surface area contributed by atoms with E-state index in [9.17, 15) is 0 Å². The van der Waals surface area contributed by atoms with E-state index in [1.54, 1.807) is 0 Å². The van der Waals surface area contributed by atoms with Crippen molar-refractivity contribution in [2.45, 2.75) is 105 Å². The molecule has 4 nitrogen and oxygen atoms in total. The Morgan fingerprint density at radius 3 is 2.19 bits per heavy atom. The first-order valence-electron chi connectivity index (χ1n) is 11.4. The summed E-state index contributed by atoms with van der Waals surface area (Å²) in [5.74, 6) is 1.38. The Kier molecular flexibility index (Phi) is 8.60. The highest BCUT2D eigenvalue weighted by Gasteiger charge is 2.41. The second-order valence-electron chi connectivity index (χ2n) is 10.2. The second-order valence-corrected chi connectivity index (χ2v) is 10.2. The standard InChI is InChI=1S/C23H46N2O2/c1-17(2)25-14-22(15-25)23(7,8)27-20(6)10-9-19(5)24-12-11-21(13-24)16-26-18(3)4/h17-22H,9-16H2,1-8H3/t19?,20?,21-/m0/s1. The molecule has 2 aliphatic heterocycles. The van der Waals surface area contributed by atoms with E-state index in [0.29, 0.717) is 36.1 Å². The van der Waals surface area contributed by atoms with Crippen LogP contribution in [0.3, 0.4) is 0 Å². The third-order valence-corrected chi connectivity index (χ3v) is 6.73. The van der Waals surface area contributed by atoms with E-state index in [0.717, 1.165) is 13.0 Å². The number of rotatable bonds is 11.